The molecule has 1 unspecified atom stereocenters. The van der Waals surface area contributed by atoms with E-state index in [1.54, 1.807) is 0 Å². The second kappa shape index (κ2) is 10.9. The lowest BCUT2D eigenvalue weighted by Gasteiger charge is -2.20. The molecule has 0 fully saturated rings. The minimum atomic E-state index is -1.15. The van der Waals surface area contributed by atoms with E-state index in [9.17, 15) is 19.5 Å². The number of carboxylic acid groups (broad SMARTS) is 1. The van der Waals surface area contributed by atoms with Crippen molar-refractivity contribution in [1.82, 2.24) is 20.6 Å². The fourth-order valence-electron chi connectivity index (χ4n) is 4.40. The molecular weight excluding hydrogens is 448 g/mol. The maximum atomic E-state index is 12.5. The van der Waals surface area contributed by atoms with Crippen LogP contribution < -0.4 is 10.6 Å². The Balaban J connectivity index is 1.31. The fraction of sp³-hybridized carbons (Fsp3) is 0.308. The van der Waals surface area contributed by atoms with Gasteiger partial charge in [0.1, 0.15) is 12.6 Å². The van der Waals surface area contributed by atoms with E-state index in [1.165, 1.54) is 12.5 Å². The second-order valence-corrected chi connectivity index (χ2v) is 8.52. The van der Waals surface area contributed by atoms with Gasteiger partial charge in [-0.15, -0.1) is 0 Å². The third-order valence-electron chi connectivity index (χ3n) is 6.20. The summed E-state index contributed by atoms with van der Waals surface area (Å²) in [7, 11) is 0. The van der Waals surface area contributed by atoms with Gasteiger partial charge in [0, 0.05) is 36.7 Å². The van der Waals surface area contributed by atoms with Gasteiger partial charge in [0.15, 0.2) is 0 Å². The van der Waals surface area contributed by atoms with Gasteiger partial charge >= 0.3 is 12.1 Å². The Labute approximate surface area is 202 Å². The number of fused-ring (bicyclic) bond motifs is 3. The highest BCUT2D eigenvalue weighted by Crippen LogP contribution is 2.44. The van der Waals surface area contributed by atoms with E-state index >= 15 is 0 Å². The van der Waals surface area contributed by atoms with Crippen LogP contribution in [0.1, 0.15) is 42.5 Å². The van der Waals surface area contributed by atoms with E-state index in [2.05, 4.69) is 32.7 Å². The molecule has 2 amide bonds. The van der Waals surface area contributed by atoms with Crippen molar-refractivity contribution >= 4 is 18.0 Å². The van der Waals surface area contributed by atoms with Gasteiger partial charge in [-0.25, -0.2) is 14.6 Å². The Morgan fingerprint density at radius 3 is 2.29 bits per heavy atom. The van der Waals surface area contributed by atoms with Crippen LogP contribution in [0.4, 0.5) is 4.79 Å². The molecule has 2 atom stereocenters. The van der Waals surface area contributed by atoms with Gasteiger partial charge in [-0.05, 0) is 28.7 Å². The Morgan fingerprint density at radius 2 is 1.71 bits per heavy atom. The molecule has 1 aliphatic rings. The average Bonchev–Trinajstić information content (AvgIpc) is 3.48. The Morgan fingerprint density at radius 1 is 1.06 bits per heavy atom. The molecule has 0 spiro atoms. The van der Waals surface area contributed by atoms with E-state index in [0.717, 1.165) is 22.3 Å². The standard InChI is InChI=1S/C26H28N4O5/c1-2-16(12-24(31)30-23(25(32)33)11-17-13-27-15-28-17)29-26(34)35-14-22-20-9-5-3-7-18(20)19-8-4-6-10-21(19)22/h3-10,13,15-16,22-23H,2,11-12,14H2,1H3,(H,27,28)(H,29,34)(H,30,31)(H,32,33)/t16?,23-/m0/s1. The molecule has 0 bridgehead atoms. The number of aromatic nitrogens is 2. The predicted octanol–water partition coefficient (Wildman–Crippen LogP) is 3.23. The molecule has 0 radical (unpaired) electrons. The van der Waals surface area contributed by atoms with Crippen molar-refractivity contribution in [2.75, 3.05) is 6.61 Å². The summed E-state index contributed by atoms with van der Waals surface area (Å²) in [6.45, 7) is 2.01. The molecule has 1 heterocycles. The van der Waals surface area contributed by atoms with Crippen molar-refractivity contribution in [2.24, 2.45) is 0 Å². The SMILES string of the molecule is CCC(CC(=O)N[C@@H](Cc1cnc[nH]1)C(=O)O)NC(=O)OCC1c2ccccc2-c2ccccc21. The van der Waals surface area contributed by atoms with Gasteiger partial charge in [-0.1, -0.05) is 55.5 Å². The zero-order valence-electron chi connectivity index (χ0n) is 19.4. The number of benzene rings is 2. The molecular formula is C26H28N4O5. The number of hydrogen-bond donors (Lipinski definition) is 4. The number of carbonyl (C=O) groups is 3. The maximum absolute atomic E-state index is 12.5. The van der Waals surface area contributed by atoms with Gasteiger partial charge in [0.05, 0.1) is 6.33 Å². The molecule has 1 aromatic heterocycles. The molecule has 35 heavy (non-hydrogen) atoms. The van der Waals surface area contributed by atoms with Crippen LogP contribution in [0.25, 0.3) is 11.1 Å². The first-order valence-electron chi connectivity index (χ1n) is 11.6. The molecule has 2 aromatic carbocycles. The fourth-order valence-corrected chi connectivity index (χ4v) is 4.40. The largest absolute Gasteiger partial charge is 0.480 e. The Hall–Kier alpha value is -4.14. The number of amides is 2. The van der Waals surface area contributed by atoms with Gasteiger partial charge in [0.2, 0.25) is 5.91 Å². The summed E-state index contributed by atoms with van der Waals surface area (Å²) in [4.78, 5) is 43.3. The van der Waals surface area contributed by atoms with Gasteiger partial charge in [0.25, 0.3) is 0 Å². The molecule has 0 saturated carbocycles. The van der Waals surface area contributed by atoms with Crippen LogP contribution in [0.5, 0.6) is 0 Å². The summed E-state index contributed by atoms with van der Waals surface area (Å²) in [5.41, 5.74) is 5.11. The summed E-state index contributed by atoms with van der Waals surface area (Å²) in [6, 6.07) is 14.6. The zero-order valence-corrected chi connectivity index (χ0v) is 19.4. The summed E-state index contributed by atoms with van der Waals surface area (Å²) in [5.74, 6) is -1.68. The summed E-state index contributed by atoms with van der Waals surface area (Å²) >= 11 is 0. The maximum Gasteiger partial charge on any atom is 0.407 e. The number of aliphatic carboxylic acids is 1. The first kappa shape index (κ1) is 24.0. The highest BCUT2D eigenvalue weighted by molar-refractivity contribution is 5.84. The number of carbonyl (C=O) groups excluding carboxylic acids is 2. The first-order valence-corrected chi connectivity index (χ1v) is 11.6. The molecule has 9 heteroatoms. The molecule has 3 aromatic rings. The summed E-state index contributed by atoms with van der Waals surface area (Å²) in [5, 5.41) is 14.7. The van der Waals surface area contributed by atoms with Crippen LogP contribution in [0, 0.1) is 0 Å². The van der Waals surface area contributed by atoms with E-state index in [4.69, 9.17) is 4.74 Å². The quantitative estimate of drug-likeness (QED) is 0.355. The molecule has 4 rings (SSSR count). The number of hydrogen-bond acceptors (Lipinski definition) is 5. The van der Waals surface area contributed by atoms with Crippen molar-refractivity contribution in [3.05, 3.63) is 77.9 Å². The number of carboxylic acids is 1. The van der Waals surface area contributed by atoms with Crippen molar-refractivity contribution in [1.29, 1.82) is 0 Å². The number of aromatic amines is 1. The summed E-state index contributed by atoms with van der Waals surface area (Å²) in [6.07, 6.45) is 2.84. The number of H-pyrrole nitrogens is 1. The monoisotopic (exact) mass is 476 g/mol. The topological polar surface area (TPSA) is 133 Å². The lowest BCUT2D eigenvalue weighted by molar-refractivity contribution is -0.141. The number of ether oxygens (including phenoxy) is 1. The third-order valence-corrected chi connectivity index (χ3v) is 6.20. The normalized spacial score (nSPS) is 13.9. The predicted molar refractivity (Wildman–Crippen MR) is 129 cm³/mol. The number of nitrogens with one attached hydrogen (secondary N) is 3. The van der Waals surface area contributed by atoms with Crippen LogP contribution in [0.2, 0.25) is 0 Å². The van der Waals surface area contributed by atoms with E-state index < -0.39 is 30.1 Å². The lowest BCUT2D eigenvalue weighted by Crippen LogP contribution is -2.45. The number of rotatable bonds is 10. The highest BCUT2D eigenvalue weighted by atomic mass is 16.5. The number of alkyl carbamates (subject to hydrolysis) is 1. The Kier molecular flexibility index (Phi) is 7.45. The van der Waals surface area contributed by atoms with Crippen molar-refractivity contribution in [3.63, 3.8) is 0 Å². The number of imidazole rings is 1. The first-order chi connectivity index (χ1) is 17.0. The number of nitrogens with zero attached hydrogens (tertiary/aromatic N) is 1. The molecule has 1 aliphatic carbocycles. The van der Waals surface area contributed by atoms with Crippen molar-refractivity contribution < 1.29 is 24.2 Å². The van der Waals surface area contributed by atoms with Gasteiger partial charge in [-0.3, -0.25) is 4.79 Å². The summed E-state index contributed by atoms with van der Waals surface area (Å²) < 4.78 is 5.56. The highest BCUT2D eigenvalue weighted by Gasteiger charge is 2.29. The third kappa shape index (κ3) is 5.68. The Bertz CT molecular complexity index is 1150. The van der Waals surface area contributed by atoms with Crippen molar-refractivity contribution in [2.45, 2.75) is 44.2 Å². The van der Waals surface area contributed by atoms with Gasteiger partial charge in [-0.2, -0.15) is 0 Å². The lowest BCUT2D eigenvalue weighted by atomic mass is 9.98. The minimum Gasteiger partial charge on any atom is -0.480 e. The smallest absolute Gasteiger partial charge is 0.407 e. The molecule has 0 aliphatic heterocycles. The molecule has 9 nitrogen and oxygen atoms in total. The van der Waals surface area contributed by atoms with E-state index in [1.807, 2.05) is 43.3 Å². The van der Waals surface area contributed by atoms with Crippen LogP contribution >= 0.6 is 0 Å². The molecule has 0 saturated heterocycles. The van der Waals surface area contributed by atoms with E-state index in [0.29, 0.717) is 12.1 Å². The average molecular weight is 477 g/mol. The second-order valence-electron chi connectivity index (χ2n) is 8.52. The minimum absolute atomic E-state index is 0.0599. The van der Waals surface area contributed by atoms with Crippen LogP contribution in [0.15, 0.2) is 61.1 Å². The van der Waals surface area contributed by atoms with Crippen LogP contribution in [0.3, 0.4) is 0 Å². The van der Waals surface area contributed by atoms with E-state index in [-0.39, 0.29) is 25.4 Å². The zero-order chi connectivity index (χ0) is 24.8. The van der Waals surface area contributed by atoms with Crippen molar-refractivity contribution in [3.8, 4) is 11.1 Å². The van der Waals surface area contributed by atoms with Crippen LogP contribution in [-0.2, 0) is 20.7 Å². The van der Waals surface area contributed by atoms with Gasteiger partial charge < -0.3 is 25.5 Å². The van der Waals surface area contributed by atoms with Crippen LogP contribution in [-0.4, -0.2) is 51.7 Å². The molecule has 182 valence electrons. The molecule has 4 N–H and O–H groups in total.